The third kappa shape index (κ3) is 10.4. The first kappa shape index (κ1) is 40.9. The first-order valence-electron chi connectivity index (χ1n) is 20.4. The summed E-state index contributed by atoms with van der Waals surface area (Å²) in [5, 5.41) is 4.08. The van der Waals surface area contributed by atoms with Crippen molar-refractivity contribution in [3.8, 4) is 0 Å². The van der Waals surface area contributed by atoms with E-state index in [1.165, 1.54) is 22.3 Å². The number of benzene rings is 4. The topological polar surface area (TPSA) is 59.2 Å². The van der Waals surface area contributed by atoms with Crippen LogP contribution in [0, 0.1) is 0 Å². The summed E-state index contributed by atoms with van der Waals surface area (Å²) in [6, 6.07) is 23.9. The molecule has 4 aromatic carbocycles. The number of ether oxygens (including phenoxy) is 2. The highest BCUT2D eigenvalue weighted by Crippen LogP contribution is 2.40. The summed E-state index contributed by atoms with van der Waals surface area (Å²) in [7, 11) is -3.87. The number of hydrogen-bond acceptors (Lipinski definition) is 4. The Morgan fingerprint density at radius 1 is 0.545 bits per heavy atom. The minimum absolute atomic E-state index is 0.0417. The lowest BCUT2D eigenvalue weighted by molar-refractivity contribution is 0.319. The number of fused-ring (bicyclic) bond motifs is 2. The zero-order chi connectivity index (χ0) is 39.4. The summed E-state index contributed by atoms with van der Waals surface area (Å²) < 4.78 is 41.5. The van der Waals surface area contributed by atoms with Gasteiger partial charge in [0.1, 0.15) is 0 Å². The molecule has 6 rings (SSSR count). The Bertz CT molecular complexity index is 2090. The van der Waals surface area contributed by atoms with Gasteiger partial charge < -0.3 is 9.47 Å². The molecule has 2 aliphatic rings. The Labute approximate surface area is 331 Å². The molecule has 2 unspecified atom stereocenters. The van der Waals surface area contributed by atoms with Crippen molar-refractivity contribution in [2.45, 2.75) is 153 Å². The zero-order valence-electron chi connectivity index (χ0n) is 34.5. The van der Waals surface area contributed by atoms with Gasteiger partial charge in [-0.1, -0.05) is 107 Å². The quantitative estimate of drug-likeness (QED) is 0.0749. The Balaban J connectivity index is 1.22. The Kier molecular flexibility index (Phi) is 12.8. The predicted octanol–water partition coefficient (Wildman–Crippen LogP) is 13.2. The molecular weight excluding hydrogens is 697 g/mol. The van der Waals surface area contributed by atoms with Crippen LogP contribution in [0.2, 0.25) is 0 Å². The van der Waals surface area contributed by atoms with Gasteiger partial charge in [-0.15, -0.1) is 0 Å². The highest BCUT2D eigenvalue weighted by molar-refractivity contribution is 7.91. The van der Waals surface area contributed by atoms with Crippen molar-refractivity contribution in [2.75, 3.05) is 0 Å². The maximum atomic E-state index is 15.0. The van der Waals surface area contributed by atoms with E-state index < -0.39 is 9.84 Å². The van der Waals surface area contributed by atoms with Gasteiger partial charge in [0.2, 0.25) is 9.84 Å². The summed E-state index contributed by atoms with van der Waals surface area (Å²) >= 11 is 0. The Morgan fingerprint density at radius 3 is 1.29 bits per heavy atom. The van der Waals surface area contributed by atoms with Gasteiger partial charge in [-0.3, -0.25) is 0 Å². The van der Waals surface area contributed by atoms with Crippen molar-refractivity contribution < 1.29 is 17.9 Å². The molecule has 0 aromatic heterocycles. The molecule has 4 nitrogen and oxygen atoms in total. The van der Waals surface area contributed by atoms with Crippen LogP contribution in [-0.4, -0.2) is 31.8 Å². The van der Waals surface area contributed by atoms with Crippen LogP contribution in [0.3, 0.4) is 0 Å². The molecule has 292 valence electrons. The van der Waals surface area contributed by atoms with Crippen molar-refractivity contribution in [1.82, 2.24) is 0 Å². The molecule has 0 radical (unpaired) electrons. The molecule has 55 heavy (non-hydrogen) atoms. The maximum absolute atomic E-state index is 15.0. The van der Waals surface area contributed by atoms with E-state index in [0.717, 1.165) is 84.0 Å². The van der Waals surface area contributed by atoms with E-state index in [0.29, 0.717) is 34.8 Å². The third-order valence-corrected chi connectivity index (χ3v) is 13.8. The zero-order valence-corrected chi connectivity index (χ0v) is 35.3. The number of sulfone groups is 1. The minimum Gasteiger partial charge on any atom is -0.367 e. The molecule has 5 heteroatoms. The van der Waals surface area contributed by atoms with Crippen LogP contribution < -0.4 is 0 Å². The smallest absolute Gasteiger partial charge is 0.207 e. The number of allylic oxidation sites excluding steroid dienone is 8. The molecule has 2 aliphatic heterocycles. The van der Waals surface area contributed by atoms with E-state index in [-0.39, 0.29) is 11.2 Å². The van der Waals surface area contributed by atoms with Gasteiger partial charge in [0.15, 0.2) is 0 Å². The molecule has 0 amide bonds. The Hall–Kier alpha value is -3.77. The summed E-state index contributed by atoms with van der Waals surface area (Å²) in [5.41, 5.74) is 7.16. The minimum atomic E-state index is -3.87. The van der Waals surface area contributed by atoms with Gasteiger partial charge in [-0.05, 0) is 164 Å². The third-order valence-electron chi connectivity index (χ3n) is 11.9. The number of hydrogen-bond donors (Lipinski definition) is 0. The lowest BCUT2D eigenvalue weighted by atomic mass is 9.99. The summed E-state index contributed by atoms with van der Waals surface area (Å²) in [4.78, 5) is 0.795. The van der Waals surface area contributed by atoms with E-state index >= 15 is 0 Å². The van der Waals surface area contributed by atoms with Gasteiger partial charge in [0.25, 0.3) is 0 Å². The molecule has 0 spiro atoms. The van der Waals surface area contributed by atoms with Gasteiger partial charge in [0, 0.05) is 0 Å². The molecular formula is C50H62O4S. The van der Waals surface area contributed by atoms with Gasteiger partial charge in [-0.2, -0.15) is 0 Å². The Morgan fingerprint density at radius 2 is 0.909 bits per heavy atom. The lowest BCUT2D eigenvalue weighted by Gasteiger charge is -2.17. The van der Waals surface area contributed by atoms with E-state index in [4.69, 9.17) is 9.47 Å². The second-order valence-electron chi connectivity index (χ2n) is 17.2. The molecule has 2 heterocycles. The first-order chi connectivity index (χ1) is 26.2. The van der Waals surface area contributed by atoms with Crippen molar-refractivity contribution in [1.29, 1.82) is 0 Å². The fraction of sp³-hybridized carbons (Fsp3) is 0.440. The standard InChI is InChI=1S/C50H62O4S/c1-35(15-13-17-37(3)25-33-47-49(5,6)53-47)23-29-43-41-21-11-9-19-39(41)27-31-45(43)55(51,52)46-32-28-40-20-10-12-22-42(40)44(46)30-24-36(2)16-14-18-38(4)26-34-48-50(7,8)54-48/h9-12,17-24,27-28,31-32,47-48H,13-16,25-26,29-30,33-34H2,1-8H3/b35-23+,36-24+,37-17+,38-18+. The van der Waals surface area contributed by atoms with Crippen LogP contribution in [0.5, 0.6) is 0 Å². The van der Waals surface area contributed by atoms with Gasteiger partial charge in [-0.25, -0.2) is 8.42 Å². The molecule has 0 N–H and O–H groups in total. The van der Waals surface area contributed by atoms with Crippen LogP contribution in [-0.2, 0) is 32.2 Å². The summed E-state index contributed by atoms with van der Waals surface area (Å²) in [5.74, 6) is 0. The average Bonchev–Trinajstić information content (AvgIpc) is 4.00. The van der Waals surface area contributed by atoms with E-state index in [1.54, 1.807) is 0 Å². The fourth-order valence-electron chi connectivity index (χ4n) is 7.92. The highest BCUT2D eigenvalue weighted by Gasteiger charge is 2.47. The first-order valence-corrected chi connectivity index (χ1v) is 21.9. The average molecular weight is 759 g/mol. The fourth-order valence-corrected chi connectivity index (χ4v) is 9.69. The second-order valence-corrected chi connectivity index (χ2v) is 19.1. The van der Waals surface area contributed by atoms with Crippen LogP contribution in [0.15, 0.2) is 129 Å². The SMILES string of the molecule is C/C(=C\Cc1c(S(=O)(=O)c2ccc3ccccc3c2C/C=C(\C)CC/C=C(\C)CCC2OC2(C)C)ccc2ccccc12)CC/C=C(\C)CCC1OC1(C)C. The van der Waals surface area contributed by atoms with Gasteiger partial charge >= 0.3 is 0 Å². The number of rotatable bonds is 18. The van der Waals surface area contributed by atoms with Crippen LogP contribution in [0.4, 0.5) is 0 Å². The lowest BCUT2D eigenvalue weighted by Crippen LogP contribution is -2.09. The maximum Gasteiger partial charge on any atom is 0.207 e. The normalized spacial score (nSPS) is 20.0. The highest BCUT2D eigenvalue weighted by atomic mass is 32.2. The van der Waals surface area contributed by atoms with Gasteiger partial charge in [0.05, 0.1) is 33.2 Å². The van der Waals surface area contributed by atoms with Crippen LogP contribution >= 0.6 is 0 Å². The second kappa shape index (κ2) is 17.2. The van der Waals surface area contributed by atoms with Crippen molar-refractivity contribution >= 4 is 31.4 Å². The van der Waals surface area contributed by atoms with Crippen LogP contribution in [0.25, 0.3) is 21.5 Å². The summed E-state index contributed by atoms with van der Waals surface area (Å²) in [6.45, 7) is 17.4. The largest absolute Gasteiger partial charge is 0.367 e. The molecule has 0 bridgehead atoms. The molecule has 0 aliphatic carbocycles. The van der Waals surface area contributed by atoms with Crippen molar-refractivity contribution in [3.63, 3.8) is 0 Å². The number of epoxide rings is 2. The summed E-state index contributed by atoms with van der Waals surface area (Å²) in [6.07, 6.45) is 19.1. The predicted molar refractivity (Wildman–Crippen MR) is 231 cm³/mol. The molecule has 0 saturated carbocycles. The monoisotopic (exact) mass is 758 g/mol. The van der Waals surface area contributed by atoms with Crippen LogP contribution in [0.1, 0.15) is 118 Å². The van der Waals surface area contributed by atoms with E-state index in [2.05, 4.69) is 104 Å². The molecule has 4 aromatic rings. The van der Waals surface area contributed by atoms with E-state index in [1.807, 2.05) is 48.5 Å². The van der Waals surface area contributed by atoms with E-state index in [9.17, 15) is 8.42 Å². The van der Waals surface area contributed by atoms with Crippen molar-refractivity contribution in [2.24, 2.45) is 0 Å². The molecule has 2 atom stereocenters. The molecule has 2 saturated heterocycles. The molecule has 2 fully saturated rings. The van der Waals surface area contributed by atoms with Crippen molar-refractivity contribution in [3.05, 3.63) is 131 Å².